The molecule has 2 rings (SSSR count). The summed E-state index contributed by atoms with van der Waals surface area (Å²) < 4.78 is 4.96. The van der Waals surface area contributed by atoms with Crippen molar-refractivity contribution >= 4 is 22.4 Å². The first-order chi connectivity index (χ1) is 10.1. The van der Waals surface area contributed by atoms with E-state index in [2.05, 4.69) is 22.1 Å². The van der Waals surface area contributed by atoms with Gasteiger partial charge in [0.15, 0.2) is 5.13 Å². The van der Waals surface area contributed by atoms with Gasteiger partial charge < -0.3 is 15.6 Å². The predicted molar refractivity (Wildman–Crippen MR) is 80.7 cm³/mol. The van der Waals surface area contributed by atoms with Crippen molar-refractivity contribution in [1.29, 1.82) is 0 Å². The van der Waals surface area contributed by atoms with Crippen LogP contribution in [0.4, 0.5) is 5.13 Å². The highest BCUT2D eigenvalue weighted by molar-refractivity contribution is 7.16. The first-order valence-corrected chi connectivity index (χ1v) is 6.79. The van der Waals surface area contributed by atoms with E-state index in [-0.39, 0.29) is 17.9 Å². The summed E-state index contributed by atoms with van der Waals surface area (Å²) in [5, 5.41) is 12.8. The van der Waals surface area contributed by atoms with Crippen molar-refractivity contribution in [2.75, 3.05) is 19.0 Å². The van der Waals surface area contributed by atoms with E-state index < -0.39 is 5.91 Å². The van der Waals surface area contributed by atoms with Gasteiger partial charge in [-0.05, 0) is 12.1 Å². The van der Waals surface area contributed by atoms with E-state index in [4.69, 9.17) is 10.5 Å². The van der Waals surface area contributed by atoms with Crippen LogP contribution in [0.15, 0.2) is 24.4 Å². The Bertz CT molecular complexity index is 716. The molecule has 0 aliphatic rings. The third-order valence-electron chi connectivity index (χ3n) is 2.49. The number of rotatable bonds is 3. The highest BCUT2D eigenvalue weighted by Crippen LogP contribution is 2.25. The van der Waals surface area contributed by atoms with Gasteiger partial charge in [-0.3, -0.25) is 10.1 Å². The fraction of sp³-hybridized carbons (Fsp3) is 0.143. The van der Waals surface area contributed by atoms with Crippen LogP contribution in [0.5, 0.6) is 11.5 Å². The van der Waals surface area contributed by atoms with Gasteiger partial charge in [-0.25, -0.2) is 4.98 Å². The molecule has 1 heterocycles. The number of benzene rings is 1. The van der Waals surface area contributed by atoms with E-state index in [9.17, 15) is 9.90 Å². The zero-order valence-corrected chi connectivity index (χ0v) is 12.0. The summed E-state index contributed by atoms with van der Waals surface area (Å²) in [6, 6.07) is 4.44. The summed E-state index contributed by atoms with van der Waals surface area (Å²) >= 11 is 1.23. The average molecular weight is 303 g/mol. The van der Waals surface area contributed by atoms with Crippen LogP contribution >= 0.6 is 11.3 Å². The monoisotopic (exact) mass is 303 g/mol. The summed E-state index contributed by atoms with van der Waals surface area (Å²) in [4.78, 5) is 16.8. The number of phenols is 1. The maximum absolute atomic E-state index is 12.1. The second-order valence-corrected chi connectivity index (χ2v) is 4.90. The maximum Gasteiger partial charge on any atom is 0.261 e. The topological polar surface area (TPSA) is 97.5 Å². The zero-order chi connectivity index (χ0) is 15.2. The minimum atomic E-state index is -0.456. The Hall–Kier alpha value is -2.56. The van der Waals surface area contributed by atoms with E-state index in [1.54, 1.807) is 12.3 Å². The number of phenolic OH excluding ortho intramolecular Hbond substituents is 1. The standard InChI is InChI=1S/C14H13N3O3S/c1-20-9-4-5-11(12(18)7-9)13(19)17-14-16-8-10(21-14)3-2-6-15/h4-5,7-8,18H,6,15H2,1H3,(H,16,17,19). The number of anilines is 1. The molecule has 0 fully saturated rings. The van der Waals surface area contributed by atoms with Crippen LogP contribution in [0.3, 0.4) is 0 Å². The van der Waals surface area contributed by atoms with Gasteiger partial charge in [-0.15, -0.1) is 0 Å². The van der Waals surface area contributed by atoms with Gasteiger partial charge in [0.25, 0.3) is 5.91 Å². The molecular weight excluding hydrogens is 290 g/mol. The van der Waals surface area contributed by atoms with Crippen molar-refractivity contribution < 1.29 is 14.6 Å². The van der Waals surface area contributed by atoms with Gasteiger partial charge in [-0.1, -0.05) is 23.2 Å². The number of nitrogens with one attached hydrogen (secondary N) is 1. The molecule has 2 aromatic rings. The number of carbonyl (C=O) groups is 1. The summed E-state index contributed by atoms with van der Waals surface area (Å²) in [5.74, 6) is 5.39. The molecule has 0 aliphatic heterocycles. The Kier molecular flexibility index (Phi) is 4.77. The van der Waals surface area contributed by atoms with Crippen LogP contribution in [0.1, 0.15) is 15.2 Å². The number of nitrogens with zero attached hydrogens (tertiary/aromatic N) is 1. The van der Waals surface area contributed by atoms with E-state index in [0.29, 0.717) is 15.8 Å². The Morgan fingerprint density at radius 3 is 3.05 bits per heavy atom. The molecular formula is C14H13N3O3S. The van der Waals surface area contributed by atoms with Crippen molar-refractivity contribution in [2.45, 2.75) is 0 Å². The Balaban J connectivity index is 2.12. The average Bonchev–Trinajstić information content (AvgIpc) is 2.92. The number of hydrogen-bond donors (Lipinski definition) is 3. The first-order valence-electron chi connectivity index (χ1n) is 5.97. The van der Waals surface area contributed by atoms with Gasteiger partial charge in [-0.2, -0.15) is 0 Å². The van der Waals surface area contributed by atoms with Gasteiger partial charge >= 0.3 is 0 Å². The lowest BCUT2D eigenvalue weighted by atomic mass is 10.2. The number of carbonyl (C=O) groups excluding carboxylic acids is 1. The second kappa shape index (κ2) is 6.74. The normalized spacial score (nSPS) is 9.62. The maximum atomic E-state index is 12.1. The SMILES string of the molecule is COc1ccc(C(=O)Nc2ncc(C#CCN)s2)c(O)c1. The molecule has 0 spiro atoms. The molecule has 0 saturated carbocycles. The molecule has 108 valence electrons. The number of nitrogens with two attached hydrogens (primary N) is 1. The van der Waals surface area contributed by atoms with Crippen LogP contribution < -0.4 is 15.8 Å². The third-order valence-corrected chi connectivity index (χ3v) is 3.32. The number of ether oxygens (including phenoxy) is 1. The smallest absolute Gasteiger partial charge is 0.261 e. The Morgan fingerprint density at radius 1 is 1.57 bits per heavy atom. The number of methoxy groups -OCH3 is 1. The summed E-state index contributed by atoms with van der Waals surface area (Å²) in [6.07, 6.45) is 1.55. The van der Waals surface area contributed by atoms with Gasteiger partial charge in [0.05, 0.1) is 30.3 Å². The molecule has 7 heteroatoms. The fourth-order valence-electron chi connectivity index (χ4n) is 1.52. The molecule has 0 atom stereocenters. The molecule has 6 nitrogen and oxygen atoms in total. The van der Waals surface area contributed by atoms with Crippen molar-refractivity contribution in [3.63, 3.8) is 0 Å². The second-order valence-electron chi connectivity index (χ2n) is 3.87. The largest absolute Gasteiger partial charge is 0.507 e. The molecule has 0 saturated heterocycles. The van der Waals surface area contributed by atoms with Crippen molar-refractivity contribution in [1.82, 2.24) is 4.98 Å². The van der Waals surface area contributed by atoms with Crippen LogP contribution in [0.25, 0.3) is 0 Å². The van der Waals surface area contributed by atoms with Crippen LogP contribution in [-0.4, -0.2) is 29.7 Å². The quantitative estimate of drug-likeness (QED) is 0.745. The van der Waals surface area contributed by atoms with Gasteiger partial charge in [0, 0.05) is 6.07 Å². The minimum Gasteiger partial charge on any atom is -0.507 e. The highest BCUT2D eigenvalue weighted by atomic mass is 32.1. The van der Waals surface area contributed by atoms with Crippen molar-refractivity contribution in [3.8, 4) is 23.3 Å². The lowest BCUT2D eigenvalue weighted by Crippen LogP contribution is -2.11. The molecule has 0 unspecified atom stereocenters. The number of amides is 1. The number of hydrogen-bond acceptors (Lipinski definition) is 6. The Morgan fingerprint density at radius 2 is 2.38 bits per heavy atom. The molecule has 1 aromatic heterocycles. The molecule has 21 heavy (non-hydrogen) atoms. The Labute approximate surface area is 125 Å². The van der Waals surface area contributed by atoms with Crippen molar-refractivity contribution in [3.05, 3.63) is 34.8 Å². The molecule has 0 aliphatic carbocycles. The minimum absolute atomic E-state index is 0.139. The summed E-state index contributed by atoms with van der Waals surface area (Å²) in [7, 11) is 1.48. The summed E-state index contributed by atoms with van der Waals surface area (Å²) in [5.41, 5.74) is 5.42. The van der Waals surface area contributed by atoms with E-state index in [0.717, 1.165) is 0 Å². The fourth-order valence-corrected chi connectivity index (χ4v) is 2.21. The van der Waals surface area contributed by atoms with E-state index in [1.807, 2.05) is 0 Å². The van der Waals surface area contributed by atoms with Crippen LogP contribution in [-0.2, 0) is 0 Å². The van der Waals surface area contributed by atoms with Gasteiger partial charge in [0.1, 0.15) is 11.5 Å². The molecule has 4 N–H and O–H groups in total. The first kappa shape index (κ1) is 14.8. The molecule has 1 amide bonds. The number of thiazole rings is 1. The third kappa shape index (κ3) is 3.72. The van der Waals surface area contributed by atoms with Crippen molar-refractivity contribution in [2.24, 2.45) is 5.73 Å². The zero-order valence-electron chi connectivity index (χ0n) is 11.2. The number of aromatic nitrogens is 1. The molecule has 0 radical (unpaired) electrons. The van der Waals surface area contributed by atoms with E-state index in [1.165, 1.54) is 30.6 Å². The van der Waals surface area contributed by atoms with Gasteiger partial charge in [0.2, 0.25) is 0 Å². The lowest BCUT2D eigenvalue weighted by Gasteiger charge is -2.06. The van der Waals surface area contributed by atoms with Crippen LogP contribution in [0, 0.1) is 11.8 Å². The molecule has 0 bridgehead atoms. The lowest BCUT2D eigenvalue weighted by molar-refractivity contribution is 0.102. The highest BCUT2D eigenvalue weighted by Gasteiger charge is 2.13. The van der Waals surface area contributed by atoms with E-state index >= 15 is 0 Å². The predicted octanol–water partition coefficient (Wildman–Crippen LogP) is 1.42. The molecule has 1 aromatic carbocycles. The summed E-state index contributed by atoms with van der Waals surface area (Å²) in [6.45, 7) is 0.263. The number of aromatic hydroxyl groups is 1. The van der Waals surface area contributed by atoms with Crippen LogP contribution in [0.2, 0.25) is 0 Å².